The maximum absolute atomic E-state index is 5.67. The van der Waals surface area contributed by atoms with E-state index in [0.717, 1.165) is 13.0 Å². The predicted octanol–water partition coefficient (Wildman–Crippen LogP) is 6.62. The molecule has 40 heavy (non-hydrogen) atoms. The number of methoxy groups -OCH3 is 1. The first-order valence-corrected chi connectivity index (χ1v) is 16.4. The zero-order chi connectivity index (χ0) is 28.9. The van der Waals surface area contributed by atoms with Crippen molar-refractivity contribution in [1.82, 2.24) is 0 Å². The van der Waals surface area contributed by atoms with Crippen LogP contribution in [0.3, 0.4) is 0 Å². The summed E-state index contributed by atoms with van der Waals surface area (Å²) in [7, 11) is 1.66. The molecule has 0 saturated carbocycles. The van der Waals surface area contributed by atoms with Crippen molar-refractivity contribution in [2.24, 2.45) is 0 Å². The molecule has 0 spiro atoms. The normalized spacial score (nSPS) is 11.6. The summed E-state index contributed by atoms with van der Waals surface area (Å²) in [6.45, 7) is 11.3. The number of hydrogen-bond acceptors (Lipinski definition) is 8. The number of ether oxygens (including phenoxy) is 8. The molecule has 0 aliphatic carbocycles. The van der Waals surface area contributed by atoms with Crippen LogP contribution >= 0.6 is 0 Å². The lowest BCUT2D eigenvalue weighted by molar-refractivity contribution is -0.0221. The highest BCUT2D eigenvalue weighted by atomic mass is 16.6. The van der Waals surface area contributed by atoms with Crippen molar-refractivity contribution >= 4 is 0 Å². The minimum atomic E-state index is 0.552. The highest BCUT2D eigenvalue weighted by molar-refractivity contribution is 4.50. The second-order valence-corrected chi connectivity index (χ2v) is 10.2. The van der Waals surface area contributed by atoms with Gasteiger partial charge in [-0.15, -0.1) is 0 Å². The first kappa shape index (κ1) is 39.7. The van der Waals surface area contributed by atoms with Gasteiger partial charge in [0.25, 0.3) is 0 Å². The van der Waals surface area contributed by atoms with Crippen LogP contribution < -0.4 is 0 Å². The Morgan fingerprint density at radius 2 is 0.475 bits per heavy atom. The van der Waals surface area contributed by atoms with E-state index in [1.807, 2.05) is 0 Å². The zero-order valence-electron chi connectivity index (χ0n) is 26.5. The molecule has 0 unspecified atom stereocenters. The molecule has 0 saturated heterocycles. The molecule has 0 rings (SSSR count). The molecular weight excluding hydrogens is 512 g/mol. The Hall–Kier alpha value is -0.320. The molecule has 0 radical (unpaired) electrons. The molecule has 0 aromatic heterocycles. The summed E-state index contributed by atoms with van der Waals surface area (Å²) in [4.78, 5) is 0. The summed E-state index contributed by atoms with van der Waals surface area (Å²) in [6, 6.07) is 0. The van der Waals surface area contributed by atoms with E-state index in [1.54, 1.807) is 7.11 Å². The second kappa shape index (κ2) is 38.7. The van der Waals surface area contributed by atoms with E-state index in [9.17, 15) is 0 Å². The monoisotopic (exact) mass is 578 g/mol. The van der Waals surface area contributed by atoms with Crippen molar-refractivity contribution in [3.63, 3.8) is 0 Å². The van der Waals surface area contributed by atoms with Gasteiger partial charge >= 0.3 is 0 Å². The summed E-state index contributed by atoms with van der Waals surface area (Å²) in [5, 5.41) is 0. The Balaban J connectivity index is 3.01. The molecule has 8 nitrogen and oxygen atoms in total. The largest absolute Gasteiger partial charge is 0.382 e. The summed E-state index contributed by atoms with van der Waals surface area (Å²) in [6.07, 6.45) is 20.8. The first-order valence-electron chi connectivity index (χ1n) is 16.4. The van der Waals surface area contributed by atoms with Crippen molar-refractivity contribution in [3.05, 3.63) is 0 Å². The third-order valence-corrected chi connectivity index (χ3v) is 6.56. The van der Waals surface area contributed by atoms with Gasteiger partial charge in [0.2, 0.25) is 0 Å². The fraction of sp³-hybridized carbons (Fsp3) is 1.00. The maximum atomic E-state index is 5.67. The van der Waals surface area contributed by atoms with Gasteiger partial charge in [-0.3, -0.25) is 0 Å². The van der Waals surface area contributed by atoms with Crippen molar-refractivity contribution in [3.8, 4) is 0 Å². The summed E-state index contributed by atoms with van der Waals surface area (Å²) >= 11 is 0. The standard InChI is InChI=1S/C32H66O8/c1-3-4-5-6-7-8-9-10-11-12-13-14-15-16-17-18-34-21-22-36-25-26-38-29-30-40-32-31-39-28-27-37-24-23-35-20-19-33-2/h3-32H2,1-2H3. The minimum absolute atomic E-state index is 0.552. The lowest BCUT2D eigenvalue weighted by Gasteiger charge is -2.08. The van der Waals surface area contributed by atoms with E-state index in [-0.39, 0.29) is 0 Å². The van der Waals surface area contributed by atoms with Gasteiger partial charge < -0.3 is 37.9 Å². The Morgan fingerprint density at radius 1 is 0.250 bits per heavy atom. The maximum Gasteiger partial charge on any atom is 0.0701 e. The summed E-state index contributed by atoms with van der Waals surface area (Å²) in [5.74, 6) is 0. The van der Waals surface area contributed by atoms with Crippen LogP contribution in [-0.4, -0.2) is 106 Å². The fourth-order valence-corrected chi connectivity index (χ4v) is 4.14. The van der Waals surface area contributed by atoms with Crippen LogP contribution in [0, 0.1) is 0 Å². The van der Waals surface area contributed by atoms with Crippen LogP contribution in [0.25, 0.3) is 0 Å². The predicted molar refractivity (Wildman–Crippen MR) is 163 cm³/mol. The van der Waals surface area contributed by atoms with Crippen LogP contribution in [0.15, 0.2) is 0 Å². The Kier molecular flexibility index (Phi) is 38.4. The summed E-state index contributed by atoms with van der Waals surface area (Å²) < 4.78 is 43.3. The molecule has 0 aliphatic heterocycles. The van der Waals surface area contributed by atoms with E-state index < -0.39 is 0 Å². The summed E-state index contributed by atoms with van der Waals surface area (Å²) in [5.41, 5.74) is 0. The molecule has 0 aromatic carbocycles. The molecular formula is C32H66O8. The molecule has 0 amide bonds. The second-order valence-electron chi connectivity index (χ2n) is 10.2. The van der Waals surface area contributed by atoms with Crippen LogP contribution in [0.2, 0.25) is 0 Å². The lowest BCUT2D eigenvalue weighted by atomic mass is 10.0. The molecule has 0 N–H and O–H groups in total. The van der Waals surface area contributed by atoms with Crippen LogP contribution in [-0.2, 0) is 37.9 Å². The van der Waals surface area contributed by atoms with Gasteiger partial charge in [-0.25, -0.2) is 0 Å². The topological polar surface area (TPSA) is 73.8 Å². The van der Waals surface area contributed by atoms with Gasteiger partial charge in [0, 0.05) is 13.7 Å². The van der Waals surface area contributed by atoms with E-state index in [0.29, 0.717) is 92.5 Å². The molecule has 8 heteroatoms. The van der Waals surface area contributed by atoms with Crippen molar-refractivity contribution < 1.29 is 37.9 Å². The number of rotatable bonds is 37. The molecule has 242 valence electrons. The third-order valence-electron chi connectivity index (χ3n) is 6.56. The quantitative estimate of drug-likeness (QED) is 0.0762. The van der Waals surface area contributed by atoms with E-state index in [4.69, 9.17) is 37.9 Å². The van der Waals surface area contributed by atoms with Crippen LogP contribution in [0.4, 0.5) is 0 Å². The SMILES string of the molecule is CCCCCCCCCCCCCCCCCOCCOCCOCCOCCOCCOCCOCCOC. The van der Waals surface area contributed by atoms with E-state index in [1.165, 1.54) is 89.9 Å². The highest BCUT2D eigenvalue weighted by Crippen LogP contribution is 2.13. The number of unbranched alkanes of at least 4 members (excludes halogenated alkanes) is 14. The average Bonchev–Trinajstić information content (AvgIpc) is 2.97. The van der Waals surface area contributed by atoms with Gasteiger partial charge in [0.1, 0.15) is 0 Å². The fourth-order valence-electron chi connectivity index (χ4n) is 4.14. The lowest BCUT2D eigenvalue weighted by Crippen LogP contribution is -2.14. The van der Waals surface area contributed by atoms with Gasteiger partial charge in [-0.05, 0) is 6.42 Å². The molecule has 0 bridgehead atoms. The van der Waals surface area contributed by atoms with Gasteiger partial charge in [-0.2, -0.15) is 0 Å². The van der Waals surface area contributed by atoms with Crippen molar-refractivity contribution in [2.45, 2.75) is 103 Å². The molecule has 0 aromatic rings. The molecule has 0 aliphatic rings. The van der Waals surface area contributed by atoms with Gasteiger partial charge in [-0.1, -0.05) is 96.8 Å². The molecule has 0 atom stereocenters. The molecule has 0 heterocycles. The van der Waals surface area contributed by atoms with Crippen LogP contribution in [0.5, 0.6) is 0 Å². The zero-order valence-corrected chi connectivity index (χ0v) is 26.5. The van der Waals surface area contributed by atoms with E-state index in [2.05, 4.69) is 6.92 Å². The first-order chi connectivity index (χ1) is 19.9. The van der Waals surface area contributed by atoms with E-state index >= 15 is 0 Å². The minimum Gasteiger partial charge on any atom is -0.382 e. The Labute approximate surface area is 247 Å². The molecule has 0 fully saturated rings. The highest BCUT2D eigenvalue weighted by Gasteiger charge is 1.97. The van der Waals surface area contributed by atoms with Crippen molar-refractivity contribution in [2.75, 3.05) is 106 Å². The van der Waals surface area contributed by atoms with Crippen molar-refractivity contribution in [1.29, 1.82) is 0 Å². The Morgan fingerprint density at radius 3 is 0.750 bits per heavy atom. The smallest absolute Gasteiger partial charge is 0.0701 e. The van der Waals surface area contributed by atoms with Gasteiger partial charge in [0.15, 0.2) is 0 Å². The van der Waals surface area contributed by atoms with Gasteiger partial charge in [0.05, 0.1) is 92.5 Å². The van der Waals surface area contributed by atoms with Crippen LogP contribution in [0.1, 0.15) is 103 Å². The third kappa shape index (κ3) is 37.7. The average molecular weight is 579 g/mol. The Bertz CT molecular complexity index is 390. The number of hydrogen-bond donors (Lipinski definition) is 0.